The van der Waals surface area contributed by atoms with Crippen molar-refractivity contribution in [3.63, 3.8) is 0 Å². The highest BCUT2D eigenvalue weighted by Crippen LogP contribution is 1.94. The van der Waals surface area contributed by atoms with Crippen molar-refractivity contribution in [3.05, 3.63) is 18.0 Å². The normalized spacial score (nSPS) is 11.1. The maximum Gasteiger partial charge on any atom is 0.225 e. The Labute approximate surface area is 82.2 Å². The van der Waals surface area contributed by atoms with Crippen LogP contribution in [0.1, 0.15) is 5.69 Å². The summed E-state index contributed by atoms with van der Waals surface area (Å²) in [7, 11) is -1.74. The molecule has 1 rings (SSSR count). The van der Waals surface area contributed by atoms with Crippen molar-refractivity contribution in [1.29, 1.82) is 5.26 Å². The molecule has 7 heteroatoms. The van der Waals surface area contributed by atoms with Gasteiger partial charge in [-0.15, -0.1) is 0 Å². The molecule has 0 aliphatic heterocycles. The topological polar surface area (TPSA) is 87.8 Å². The van der Waals surface area contributed by atoms with Gasteiger partial charge in [0, 0.05) is 13.2 Å². The Kier molecular flexibility index (Phi) is 3.22. The summed E-state index contributed by atoms with van der Waals surface area (Å²) in [5, 5.41) is 12.2. The standard InChI is InChI=1S/C7H10N4O2S/c1-11-4-2-7(10-11)6-9-14(12,13)5-3-8/h2,4,9H,5-6H2,1H3. The zero-order valence-corrected chi connectivity index (χ0v) is 8.45. The highest BCUT2D eigenvalue weighted by molar-refractivity contribution is 7.89. The molecule has 76 valence electrons. The molecule has 0 aromatic carbocycles. The Morgan fingerprint density at radius 2 is 2.43 bits per heavy atom. The lowest BCUT2D eigenvalue weighted by atomic mass is 10.4. The average Bonchev–Trinajstić information content (AvgIpc) is 2.48. The van der Waals surface area contributed by atoms with Crippen LogP contribution >= 0.6 is 0 Å². The monoisotopic (exact) mass is 214 g/mol. The second kappa shape index (κ2) is 4.21. The number of nitriles is 1. The largest absolute Gasteiger partial charge is 0.276 e. The van der Waals surface area contributed by atoms with Gasteiger partial charge < -0.3 is 0 Å². The quantitative estimate of drug-likeness (QED) is 0.722. The molecule has 1 heterocycles. The van der Waals surface area contributed by atoms with Gasteiger partial charge in [-0.05, 0) is 6.07 Å². The van der Waals surface area contributed by atoms with Gasteiger partial charge in [0.05, 0.1) is 18.3 Å². The van der Waals surface area contributed by atoms with Gasteiger partial charge in [-0.1, -0.05) is 0 Å². The van der Waals surface area contributed by atoms with Crippen LogP contribution in [0, 0.1) is 11.3 Å². The molecule has 1 aromatic heterocycles. The molecule has 0 amide bonds. The minimum Gasteiger partial charge on any atom is -0.276 e. The molecule has 0 spiro atoms. The van der Waals surface area contributed by atoms with Crippen molar-refractivity contribution in [3.8, 4) is 6.07 Å². The summed E-state index contributed by atoms with van der Waals surface area (Å²) >= 11 is 0. The van der Waals surface area contributed by atoms with Gasteiger partial charge in [0.1, 0.15) is 0 Å². The van der Waals surface area contributed by atoms with Crippen LogP contribution in [0.15, 0.2) is 12.3 Å². The second-order valence-corrected chi connectivity index (χ2v) is 4.53. The molecule has 0 unspecified atom stereocenters. The van der Waals surface area contributed by atoms with Crippen molar-refractivity contribution in [2.75, 3.05) is 5.75 Å². The zero-order valence-electron chi connectivity index (χ0n) is 7.64. The molecule has 1 aromatic rings. The third kappa shape index (κ3) is 3.16. The van der Waals surface area contributed by atoms with E-state index in [0.717, 1.165) is 0 Å². The fourth-order valence-electron chi connectivity index (χ4n) is 0.877. The van der Waals surface area contributed by atoms with Gasteiger partial charge in [0.15, 0.2) is 5.75 Å². The Balaban J connectivity index is 2.54. The van der Waals surface area contributed by atoms with Crippen molar-refractivity contribution >= 4 is 10.0 Å². The molecule has 0 aliphatic carbocycles. The third-order valence-electron chi connectivity index (χ3n) is 1.50. The van der Waals surface area contributed by atoms with E-state index < -0.39 is 15.8 Å². The fraction of sp³-hybridized carbons (Fsp3) is 0.429. The minimum absolute atomic E-state index is 0.116. The van der Waals surface area contributed by atoms with E-state index >= 15 is 0 Å². The van der Waals surface area contributed by atoms with Crippen molar-refractivity contribution < 1.29 is 8.42 Å². The van der Waals surface area contributed by atoms with Crippen molar-refractivity contribution in [2.45, 2.75) is 6.54 Å². The highest BCUT2D eigenvalue weighted by atomic mass is 32.2. The summed E-state index contributed by atoms with van der Waals surface area (Å²) in [6, 6.07) is 3.28. The molecule has 0 fully saturated rings. The summed E-state index contributed by atoms with van der Waals surface area (Å²) in [4.78, 5) is 0. The molecule has 0 bridgehead atoms. The average molecular weight is 214 g/mol. The lowest BCUT2D eigenvalue weighted by molar-refractivity contribution is 0.583. The molecule has 6 nitrogen and oxygen atoms in total. The number of sulfonamides is 1. The van der Waals surface area contributed by atoms with E-state index in [0.29, 0.717) is 5.69 Å². The molecule has 14 heavy (non-hydrogen) atoms. The van der Waals surface area contributed by atoms with Crippen molar-refractivity contribution in [2.24, 2.45) is 7.05 Å². The van der Waals surface area contributed by atoms with Crippen LogP contribution in [0.3, 0.4) is 0 Å². The zero-order chi connectivity index (χ0) is 10.6. The van der Waals surface area contributed by atoms with E-state index in [1.807, 2.05) is 0 Å². The minimum atomic E-state index is -3.48. The number of aromatic nitrogens is 2. The maximum atomic E-state index is 11.0. The Morgan fingerprint density at radius 3 is 2.93 bits per heavy atom. The molecule has 0 radical (unpaired) electrons. The van der Waals surface area contributed by atoms with Crippen LogP contribution in [-0.4, -0.2) is 24.0 Å². The lowest BCUT2D eigenvalue weighted by Crippen LogP contribution is -2.25. The molecule has 0 atom stereocenters. The maximum absolute atomic E-state index is 11.0. The Bertz CT molecular complexity index is 443. The summed E-state index contributed by atoms with van der Waals surface area (Å²) in [5.41, 5.74) is 0.619. The van der Waals surface area contributed by atoms with E-state index in [-0.39, 0.29) is 6.54 Å². The second-order valence-electron chi connectivity index (χ2n) is 2.72. The van der Waals surface area contributed by atoms with E-state index in [2.05, 4.69) is 9.82 Å². The SMILES string of the molecule is Cn1ccc(CNS(=O)(=O)CC#N)n1. The van der Waals surface area contributed by atoms with Gasteiger partial charge in [-0.25, -0.2) is 13.1 Å². The molecule has 1 N–H and O–H groups in total. The predicted octanol–water partition coefficient (Wildman–Crippen LogP) is -0.637. The van der Waals surface area contributed by atoms with Gasteiger partial charge in [0.25, 0.3) is 0 Å². The van der Waals surface area contributed by atoms with E-state index in [1.165, 1.54) is 0 Å². The van der Waals surface area contributed by atoms with Crippen molar-refractivity contribution in [1.82, 2.24) is 14.5 Å². The molecular weight excluding hydrogens is 204 g/mol. The summed E-state index contributed by atoms with van der Waals surface area (Å²) in [6.07, 6.45) is 1.72. The first-order valence-electron chi connectivity index (χ1n) is 3.86. The first-order valence-corrected chi connectivity index (χ1v) is 5.51. The fourth-order valence-corrected chi connectivity index (χ4v) is 1.52. The number of rotatable bonds is 4. The van der Waals surface area contributed by atoms with Crippen LogP contribution in [0.25, 0.3) is 0 Å². The molecule has 0 saturated heterocycles. The summed E-state index contributed by atoms with van der Waals surface area (Å²) in [6.45, 7) is 0.116. The summed E-state index contributed by atoms with van der Waals surface area (Å²) < 4.78 is 25.9. The lowest BCUT2D eigenvalue weighted by Gasteiger charge is -1.99. The third-order valence-corrected chi connectivity index (χ3v) is 2.59. The van der Waals surface area contributed by atoms with Crippen LogP contribution < -0.4 is 4.72 Å². The Morgan fingerprint density at radius 1 is 1.71 bits per heavy atom. The Hall–Kier alpha value is -1.39. The smallest absolute Gasteiger partial charge is 0.225 e. The molecule has 0 saturated carbocycles. The predicted molar refractivity (Wildman–Crippen MR) is 49.4 cm³/mol. The van der Waals surface area contributed by atoms with Crippen LogP contribution in [0.4, 0.5) is 0 Å². The molecular formula is C7H10N4O2S. The van der Waals surface area contributed by atoms with Gasteiger partial charge in [-0.2, -0.15) is 10.4 Å². The number of hydrogen-bond donors (Lipinski definition) is 1. The first kappa shape index (κ1) is 10.7. The molecule has 0 aliphatic rings. The van der Waals surface area contributed by atoms with Gasteiger partial charge in [-0.3, -0.25) is 4.68 Å². The number of aryl methyl sites for hydroxylation is 1. The van der Waals surface area contributed by atoms with Crippen LogP contribution in [0.2, 0.25) is 0 Å². The first-order chi connectivity index (χ1) is 6.53. The number of nitrogens with one attached hydrogen (secondary N) is 1. The highest BCUT2D eigenvalue weighted by Gasteiger charge is 2.09. The summed E-state index contributed by atoms with van der Waals surface area (Å²) in [5.74, 6) is -0.528. The van der Waals surface area contributed by atoms with Gasteiger partial charge >= 0.3 is 0 Å². The van der Waals surface area contributed by atoms with E-state index in [1.54, 1.807) is 30.1 Å². The number of nitrogens with zero attached hydrogens (tertiary/aromatic N) is 3. The van der Waals surface area contributed by atoms with E-state index in [9.17, 15) is 8.42 Å². The van der Waals surface area contributed by atoms with Gasteiger partial charge in [0.2, 0.25) is 10.0 Å². The number of hydrogen-bond acceptors (Lipinski definition) is 4. The van der Waals surface area contributed by atoms with E-state index in [4.69, 9.17) is 5.26 Å². The van der Waals surface area contributed by atoms with Crippen LogP contribution in [-0.2, 0) is 23.6 Å². The van der Waals surface area contributed by atoms with Crippen LogP contribution in [0.5, 0.6) is 0 Å².